The number of nitrogens with one attached hydrogen (secondary N) is 1. The molecule has 2 N–H and O–H groups in total. The molecule has 0 fully saturated rings. The van der Waals surface area contributed by atoms with Gasteiger partial charge in [-0.1, -0.05) is 6.92 Å². The van der Waals surface area contributed by atoms with E-state index < -0.39 is 17.4 Å². The standard InChI is InChI=1S/C12H14N4O3/c1-3-12(2,11(18)19)14-10(17)8-4-5-9-15-13-7-16(9)6-8/h4-7H,3H2,1-2H3,(H,14,17)(H,18,19). The number of nitrogens with zero attached hydrogens (tertiary/aromatic N) is 3. The first-order valence-electron chi connectivity index (χ1n) is 5.81. The van der Waals surface area contributed by atoms with Crippen molar-refractivity contribution in [2.45, 2.75) is 25.8 Å². The van der Waals surface area contributed by atoms with Gasteiger partial charge in [0.2, 0.25) is 0 Å². The summed E-state index contributed by atoms with van der Waals surface area (Å²) >= 11 is 0. The fourth-order valence-electron chi connectivity index (χ4n) is 1.58. The number of aromatic nitrogens is 3. The molecule has 1 unspecified atom stereocenters. The molecular formula is C12H14N4O3. The molecule has 7 nitrogen and oxygen atoms in total. The fraction of sp³-hybridized carbons (Fsp3) is 0.333. The van der Waals surface area contributed by atoms with Gasteiger partial charge in [0.25, 0.3) is 5.91 Å². The number of rotatable bonds is 4. The molecule has 1 amide bonds. The van der Waals surface area contributed by atoms with Crippen LogP contribution < -0.4 is 5.32 Å². The molecule has 2 aromatic rings. The van der Waals surface area contributed by atoms with Gasteiger partial charge in [-0.25, -0.2) is 4.79 Å². The minimum absolute atomic E-state index is 0.295. The minimum atomic E-state index is -1.28. The van der Waals surface area contributed by atoms with Crippen LogP contribution in [0.25, 0.3) is 5.65 Å². The number of fused-ring (bicyclic) bond motifs is 1. The van der Waals surface area contributed by atoms with Gasteiger partial charge in [-0.3, -0.25) is 9.20 Å². The van der Waals surface area contributed by atoms with Crippen LogP contribution in [-0.4, -0.2) is 37.1 Å². The van der Waals surface area contributed by atoms with Gasteiger partial charge < -0.3 is 10.4 Å². The van der Waals surface area contributed by atoms with Crippen molar-refractivity contribution in [1.82, 2.24) is 19.9 Å². The first-order chi connectivity index (χ1) is 8.96. The molecule has 0 radical (unpaired) electrons. The van der Waals surface area contributed by atoms with E-state index >= 15 is 0 Å². The highest BCUT2D eigenvalue weighted by Gasteiger charge is 2.33. The molecule has 0 aliphatic carbocycles. The summed E-state index contributed by atoms with van der Waals surface area (Å²) in [4.78, 5) is 23.2. The quantitative estimate of drug-likeness (QED) is 0.846. The first-order valence-corrected chi connectivity index (χ1v) is 5.81. The van der Waals surface area contributed by atoms with Crippen LogP contribution >= 0.6 is 0 Å². The van der Waals surface area contributed by atoms with E-state index in [0.29, 0.717) is 17.6 Å². The second kappa shape index (κ2) is 4.68. The Morgan fingerprint density at radius 3 is 2.84 bits per heavy atom. The molecule has 0 bridgehead atoms. The molecule has 0 aromatic carbocycles. The molecule has 100 valence electrons. The van der Waals surface area contributed by atoms with Crippen LogP contribution in [0.1, 0.15) is 30.6 Å². The second-order valence-electron chi connectivity index (χ2n) is 4.46. The summed E-state index contributed by atoms with van der Waals surface area (Å²) < 4.78 is 1.60. The number of hydrogen-bond acceptors (Lipinski definition) is 4. The van der Waals surface area contributed by atoms with Crippen LogP contribution in [0.2, 0.25) is 0 Å². The number of aliphatic carboxylic acids is 1. The Hall–Kier alpha value is -2.44. The zero-order chi connectivity index (χ0) is 14.0. The van der Waals surface area contributed by atoms with E-state index in [1.807, 2.05) is 0 Å². The zero-order valence-electron chi connectivity index (χ0n) is 10.6. The Bertz CT molecular complexity index is 637. The number of carboxylic acid groups (broad SMARTS) is 1. The van der Waals surface area contributed by atoms with Crippen molar-refractivity contribution < 1.29 is 14.7 Å². The van der Waals surface area contributed by atoms with Crippen molar-refractivity contribution in [2.24, 2.45) is 0 Å². The molecule has 7 heteroatoms. The van der Waals surface area contributed by atoms with E-state index in [1.165, 1.54) is 13.3 Å². The maximum Gasteiger partial charge on any atom is 0.329 e. The Morgan fingerprint density at radius 2 is 2.21 bits per heavy atom. The average molecular weight is 262 g/mol. The van der Waals surface area contributed by atoms with Crippen LogP contribution in [0.3, 0.4) is 0 Å². The smallest absolute Gasteiger partial charge is 0.329 e. The van der Waals surface area contributed by atoms with Crippen molar-refractivity contribution in [3.8, 4) is 0 Å². The third kappa shape index (κ3) is 2.40. The van der Waals surface area contributed by atoms with Crippen LogP contribution in [0, 0.1) is 0 Å². The molecular weight excluding hydrogens is 248 g/mol. The summed E-state index contributed by atoms with van der Waals surface area (Å²) in [7, 11) is 0. The SMILES string of the molecule is CCC(C)(NC(=O)c1ccc2nncn2c1)C(=O)O. The molecule has 2 aromatic heterocycles. The van der Waals surface area contributed by atoms with Gasteiger partial charge in [0.1, 0.15) is 11.9 Å². The highest BCUT2D eigenvalue weighted by Crippen LogP contribution is 2.11. The van der Waals surface area contributed by atoms with Gasteiger partial charge in [-0.15, -0.1) is 10.2 Å². The lowest BCUT2D eigenvalue weighted by Gasteiger charge is -2.24. The largest absolute Gasteiger partial charge is 0.480 e. The van der Waals surface area contributed by atoms with Gasteiger partial charge in [-0.2, -0.15) is 0 Å². The Morgan fingerprint density at radius 1 is 1.47 bits per heavy atom. The average Bonchev–Trinajstić information content (AvgIpc) is 2.85. The molecule has 0 saturated carbocycles. The number of carbonyl (C=O) groups excluding carboxylic acids is 1. The Labute approximate surface area is 109 Å². The highest BCUT2D eigenvalue weighted by atomic mass is 16.4. The summed E-state index contributed by atoms with van der Waals surface area (Å²) in [5.41, 5.74) is -0.305. The van der Waals surface area contributed by atoms with Crippen LogP contribution in [-0.2, 0) is 4.79 Å². The third-order valence-electron chi connectivity index (χ3n) is 3.12. The normalized spacial score (nSPS) is 14.0. The maximum atomic E-state index is 12.1. The molecule has 0 saturated heterocycles. The van der Waals surface area contributed by atoms with E-state index in [4.69, 9.17) is 5.11 Å². The summed E-state index contributed by atoms with van der Waals surface area (Å²) in [5.74, 6) is -1.50. The zero-order valence-corrected chi connectivity index (χ0v) is 10.6. The first kappa shape index (κ1) is 13.0. The van der Waals surface area contributed by atoms with Crippen molar-refractivity contribution in [1.29, 1.82) is 0 Å². The molecule has 1 atom stereocenters. The third-order valence-corrected chi connectivity index (χ3v) is 3.12. The van der Waals surface area contributed by atoms with Gasteiger partial charge in [0, 0.05) is 6.20 Å². The summed E-state index contributed by atoms with van der Waals surface area (Å²) in [5, 5.41) is 19.2. The van der Waals surface area contributed by atoms with Gasteiger partial charge >= 0.3 is 5.97 Å². The molecule has 19 heavy (non-hydrogen) atoms. The van der Waals surface area contributed by atoms with Gasteiger partial charge in [0.15, 0.2) is 5.65 Å². The van der Waals surface area contributed by atoms with Crippen molar-refractivity contribution in [2.75, 3.05) is 0 Å². The summed E-state index contributed by atoms with van der Waals surface area (Å²) in [6.07, 6.45) is 3.33. The lowest BCUT2D eigenvalue weighted by atomic mass is 9.99. The van der Waals surface area contributed by atoms with E-state index in [2.05, 4.69) is 15.5 Å². The lowest BCUT2D eigenvalue weighted by Crippen LogP contribution is -2.51. The van der Waals surface area contributed by atoms with E-state index in [0.717, 1.165) is 0 Å². The number of hydrogen-bond donors (Lipinski definition) is 2. The fourth-order valence-corrected chi connectivity index (χ4v) is 1.58. The molecule has 0 aliphatic rings. The van der Waals surface area contributed by atoms with Crippen molar-refractivity contribution in [3.05, 3.63) is 30.2 Å². The predicted octanol–water partition coefficient (Wildman–Crippen LogP) is 0.712. The van der Waals surface area contributed by atoms with Crippen LogP contribution in [0.4, 0.5) is 0 Å². The highest BCUT2D eigenvalue weighted by molar-refractivity contribution is 5.97. The van der Waals surface area contributed by atoms with Crippen molar-refractivity contribution in [3.63, 3.8) is 0 Å². The topological polar surface area (TPSA) is 96.6 Å². The van der Waals surface area contributed by atoms with E-state index in [-0.39, 0.29) is 0 Å². The van der Waals surface area contributed by atoms with E-state index in [1.54, 1.807) is 29.7 Å². The second-order valence-corrected chi connectivity index (χ2v) is 4.46. The minimum Gasteiger partial charge on any atom is -0.480 e. The summed E-state index contributed by atoms with van der Waals surface area (Å²) in [6.45, 7) is 3.18. The van der Waals surface area contributed by atoms with Gasteiger partial charge in [0.05, 0.1) is 5.56 Å². The monoisotopic (exact) mass is 262 g/mol. The van der Waals surface area contributed by atoms with Crippen LogP contribution in [0.5, 0.6) is 0 Å². The van der Waals surface area contributed by atoms with E-state index in [9.17, 15) is 9.59 Å². The number of amides is 1. The maximum absolute atomic E-state index is 12.1. The van der Waals surface area contributed by atoms with Crippen molar-refractivity contribution >= 4 is 17.5 Å². The molecule has 0 spiro atoms. The molecule has 2 rings (SSSR count). The Balaban J connectivity index is 2.26. The van der Waals surface area contributed by atoms with Crippen LogP contribution in [0.15, 0.2) is 24.7 Å². The number of carboxylic acids is 1. The Kier molecular flexibility index (Phi) is 3.20. The number of carbonyl (C=O) groups is 2. The predicted molar refractivity (Wildman–Crippen MR) is 66.8 cm³/mol. The van der Waals surface area contributed by atoms with Gasteiger partial charge in [-0.05, 0) is 25.5 Å². The summed E-state index contributed by atoms with van der Waals surface area (Å²) in [6, 6.07) is 3.23. The number of pyridine rings is 1. The lowest BCUT2D eigenvalue weighted by molar-refractivity contribution is -0.143. The molecule has 2 heterocycles. The molecule has 0 aliphatic heterocycles.